The SMILES string of the molecule is C=C(CCCCC[C@@H]1CC1C)C(=O)Nc1cc(OC)ccc1N. The number of methoxy groups -OCH3 is 1. The summed E-state index contributed by atoms with van der Waals surface area (Å²) in [7, 11) is 1.58. The second-order valence-corrected chi connectivity index (χ2v) is 6.58. The number of carbonyl (C=O) groups excluding carboxylic acids is 1. The maximum Gasteiger partial charge on any atom is 0.251 e. The molecule has 0 aromatic heterocycles. The minimum atomic E-state index is -0.166. The lowest BCUT2D eigenvalue weighted by Crippen LogP contribution is -2.15. The number of nitrogens with two attached hydrogens (primary N) is 1. The van der Waals surface area contributed by atoms with Gasteiger partial charge in [0, 0.05) is 11.6 Å². The van der Waals surface area contributed by atoms with Crippen molar-refractivity contribution in [3.63, 3.8) is 0 Å². The first-order valence-electron chi connectivity index (χ1n) is 8.44. The number of benzene rings is 1. The normalized spacial score (nSPS) is 19.2. The highest BCUT2D eigenvalue weighted by Gasteiger charge is 2.31. The van der Waals surface area contributed by atoms with Gasteiger partial charge in [0.1, 0.15) is 5.75 Å². The molecule has 1 aromatic rings. The highest BCUT2D eigenvalue weighted by Crippen LogP contribution is 2.41. The van der Waals surface area contributed by atoms with Crippen molar-refractivity contribution in [1.82, 2.24) is 0 Å². The first kappa shape index (κ1) is 17.4. The van der Waals surface area contributed by atoms with Gasteiger partial charge in [-0.05, 0) is 43.2 Å². The van der Waals surface area contributed by atoms with Crippen molar-refractivity contribution in [3.8, 4) is 5.75 Å². The third kappa shape index (κ3) is 5.31. The third-order valence-corrected chi connectivity index (χ3v) is 4.66. The molecule has 23 heavy (non-hydrogen) atoms. The predicted molar refractivity (Wildman–Crippen MR) is 95.5 cm³/mol. The lowest BCUT2D eigenvalue weighted by Gasteiger charge is -2.11. The van der Waals surface area contributed by atoms with Gasteiger partial charge in [-0.2, -0.15) is 0 Å². The predicted octanol–water partition coefficient (Wildman–Crippen LogP) is 4.38. The number of anilines is 2. The van der Waals surface area contributed by atoms with E-state index < -0.39 is 0 Å². The Kier molecular flexibility index (Phi) is 6.08. The van der Waals surface area contributed by atoms with Crippen LogP contribution < -0.4 is 15.8 Å². The van der Waals surface area contributed by atoms with E-state index in [1.807, 2.05) is 0 Å². The van der Waals surface area contributed by atoms with Gasteiger partial charge in [0.05, 0.1) is 18.5 Å². The van der Waals surface area contributed by atoms with Gasteiger partial charge >= 0.3 is 0 Å². The molecule has 1 aliphatic carbocycles. The second kappa shape index (κ2) is 8.04. The maximum absolute atomic E-state index is 12.2. The van der Waals surface area contributed by atoms with Crippen molar-refractivity contribution in [2.24, 2.45) is 11.8 Å². The molecule has 0 spiro atoms. The number of amides is 1. The molecule has 0 heterocycles. The molecule has 0 aliphatic heterocycles. The average Bonchev–Trinajstić information content (AvgIpc) is 3.24. The molecule has 2 rings (SSSR count). The molecule has 1 amide bonds. The third-order valence-electron chi connectivity index (χ3n) is 4.66. The highest BCUT2D eigenvalue weighted by molar-refractivity contribution is 6.04. The fourth-order valence-electron chi connectivity index (χ4n) is 2.82. The Bertz CT molecular complexity index is 568. The number of hydrogen-bond donors (Lipinski definition) is 2. The van der Waals surface area contributed by atoms with Crippen LogP contribution in [0.2, 0.25) is 0 Å². The molecule has 0 radical (unpaired) electrons. The van der Waals surface area contributed by atoms with Gasteiger partial charge in [0.2, 0.25) is 0 Å². The van der Waals surface area contributed by atoms with Crippen LogP contribution in [0.25, 0.3) is 0 Å². The fraction of sp³-hybridized carbons (Fsp3) is 0.526. The molecule has 3 N–H and O–H groups in total. The summed E-state index contributed by atoms with van der Waals surface area (Å²) in [6.07, 6.45) is 6.90. The lowest BCUT2D eigenvalue weighted by molar-refractivity contribution is -0.113. The number of ether oxygens (including phenoxy) is 1. The van der Waals surface area contributed by atoms with Crippen molar-refractivity contribution in [1.29, 1.82) is 0 Å². The summed E-state index contributed by atoms with van der Waals surface area (Å²) in [5, 5.41) is 2.82. The van der Waals surface area contributed by atoms with Gasteiger partial charge < -0.3 is 15.8 Å². The van der Waals surface area contributed by atoms with E-state index in [1.54, 1.807) is 25.3 Å². The van der Waals surface area contributed by atoms with Gasteiger partial charge in [0.15, 0.2) is 0 Å². The van der Waals surface area contributed by atoms with Gasteiger partial charge in [-0.1, -0.05) is 32.8 Å². The summed E-state index contributed by atoms with van der Waals surface area (Å²) in [5.74, 6) is 2.39. The molecule has 1 fully saturated rings. The van der Waals surface area contributed by atoms with Crippen molar-refractivity contribution in [2.45, 2.75) is 45.4 Å². The van der Waals surface area contributed by atoms with Crippen molar-refractivity contribution >= 4 is 17.3 Å². The maximum atomic E-state index is 12.2. The summed E-state index contributed by atoms with van der Waals surface area (Å²) in [6, 6.07) is 5.20. The zero-order chi connectivity index (χ0) is 16.8. The topological polar surface area (TPSA) is 64.3 Å². The molecule has 126 valence electrons. The number of hydrogen-bond acceptors (Lipinski definition) is 3. The summed E-state index contributed by atoms with van der Waals surface area (Å²) >= 11 is 0. The number of nitrogens with one attached hydrogen (secondary N) is 1. The number of unbranched alkanes of at least 4 members (excludes halogenated alkanes) is 2. The first-order valence-corrected chi connectivity index (χ1v) is 8.44. The molecule has 0 bridgehead atoms. The lowest BCUT2D eigenvalue weighted by atomic mass is 10.1. The molecular weight excluding hydrogens is 288 g/mol. The number of rotatable bonds is 9. The van der Waals surface area contributed by atoms with Gasteiger partial charge in [-0.3, -0.25) is 4.79 Å². The molecular formula is C19H28N2O2. The van der Waals surface area contributed by atoms with Crippen LogP contribution >= 0.6 is 0 Å². The Morgan fingerprint density at radius 2 is 2.13 bits per heavy atom. The van der Waals surface area contributed by atoms with Crippen molar-refractivity contribution in [3.05, 3.63) is 30.4 Å². The Morgan fingerprint density at radius 1 is 1.39 bits per heavy atom. The Hall–Kier alpha value is -1.97. The van der Waals surface area contributed by atoms with Crippen LogP contribution in [0.15, 0.2) is 30.4 Å². The standard InChI is InChI=1S/C19H28N2O2/c1-13(7-5-4-6-8-15-11-14(15)2)19(22)21-18-12-16(23-3)9-10-17(18)20/h9-10,12,14-15H,1,4-8,11,20H2,2-3H3,(H,21,22)/t14?,15-/m1/s1. The average molecular weight is 316 g/mol. The smallest absolute Gasteiger partial charge is 0.251 e. The summed E-state index contributed by atoms with van der Waals surface area (Å²) < 4.78 is 5.15. The highest BCUT2D eigenvalue weighted by atomic mass is 16.5. The number of nitrogen functional groups attached to an aromatic ring is 1. The zero-order valence-corrected chi connectivity index (χ0v) is 14.2. The second-order valence-electron chi connectivity index (χ2n) is 6.58. The monoisotopic (exact) mass is 316 g/mol. The van der Waals surface area contributed by atoms with Crippen LogP contribution in [-0.4, -0.2) is 13.0 Å². The van der Waals surface area contributed by atoms with Crippen LogP contribution in [0.1, 0.15) is 45.4 Å². The summed E-state index contributed by atoms with van der Waals surface area (Å²) in [5.41, 5.74) is 7.57. The van der Waals surface area contributed by atoms with E-state index in [0.717, 1.165) is 31.1 Å². The molecule has 2 atom stereocenters. The minimum absolute atomic E-state index is 0.166. The molecule has 1 saturated carbocycles. The van der Waals surface area contributed by atoms with E-state index in [4.69, 9.17) is 10.5 Å². The molecule has 4 heteroatoms. The van der Waals surface area contributed by atoms with Crippen LogP contribution in [0.5, 0.6) is 5.75 Å². The molecule has 1 aliphatic rings. The summed E-state index contributed by atoms with van der Waals surface area (Å²) in [6.45, 7) is 6.22. The van der Waals surface area contributed by atoms with Crippen molar-refractivity contribution in [2.75, 3.05) is 18.2 Å². The van der Waals surface area contributed by atoms with E-state index in [0.29, 0.717) is 22.7 Å². The Balaban J connectivity index is 1.71. The van der Waals surface area contributed by atoms with Gasteiger partial charge in [-0.25, -0.2) is 0 Å². The molecule has 0 saturated heterocycles. The van der Waals surface area contributed by atoms with Gasteiger partial charge in [-0.15, -0.1) is 0 Å². The molecule has 4 nitrogen and oxygen atoms in total. The zero-order valence-electron chi connectivity index (χ0n) is 14.2. The Labute approximate surface area is 139 Å². The minimum Gasteiger partial charge on any atom is -0.497 e. The largest absolute Gasteiger partial charge is 0.497 e. The number of carbonyl (C=O) groups is 1. The fourth-order valence-corrected chi connectivity index (χ4v) is 2.82. The van der Waals surface area contributed by atoms with E-state index in [1.165, 1.54) is 19.3 Å². The van der Waals surface area contributed by atoms with Crippen LogP contribution in [0, 0.1) is 11.8 Å². The van der Waals surface area contributed by atoms with Gasteiger partial charge in [0.25, 0.3) is 5.91 Å². The van der Waals surface area contributed by atoms with Crippen LogP contribution in [0.3, 0.4) is 0 Å². The van der Waals surface area contributed by atoms with E-state index in [-0.39, 0.29) is 5.91 Å². The molecule has 1 aromatic carbocycles. The first-order chi connectivity index (χ1) is 11.0. The quantitative estimate of drug-likeness (QED) is 0.404. The van der Waals surface area contributed by atoms with Crippen LogP contribution in [-0.2, 0) is 4.79 Å². The molecule has 1 unspecified atom stereocenters. The van der Waals surface area contributed by atoms with Crippen molar-refractivity contribution < 1.29 is 9.53 Å². The van der Waals surface area contributed by atoms with Crippen LogP contribution in [0.4, 0.5) is 11.4 Å². The van der Waals surface area contributed by atoms with E-state index in [2.05, 4.69) is 18.8 Å². The Morgan fingerprint density at radius 3 is 2.78 bits per heavy atom. The van der Waals surface area contributed by atoms with E-state index in [9.17, 15) is 4.79 Å². The van der Waals surface area contributed by atoms with E-state index >= 15 is 0 Å². The summed E-state index contributed by atoms with van der Waals surface area (Å²) in [4.78, 5) is 12.2.